The molecule has 0 N–H and O–H groups in total. The lowest BCUT2D eigenvalue weighted by molar-refractivity contribution is -0.119. The van der Waals surface area contributed by atoms with Gasteiger partial charge in [-0.05, 0) is 85.5 Å². The molecule has 4 rings (SSSR count). The Balaban J connectivity index is 1.40. The zero-order chi connectivity index (χ0) is 23.8. The van der Waals surface area contributed by atoms with Crippen LogP contribution in [0.2, 0.25) is 10.0 Å². The summed E-state index contributed by atoms with van der Waals surface area (Å²) in [6, 6.07) is 4.13. The monoisotopic (exact) mass is 500 g/mol. The number of pyridine rings is 2. The van der Waals surface area contributed by atoms with E-state index in [9.17, 15) is 4.79 Å². The zero-order valence-corrected chi connectivity index (χ0v) is 21.7. The Hall–Kier alpha value is -1.45. The summed E-state index contributed by atoms with van der Waals surface area (Å²) in [6.07, 6.45) is 23.0. The molecule has 2 heterocycles. The van der Waals surface area contributed by atoms with Crippen LogP contribution in [0, 0.1) is 11.8 Å². The van der Waals surface area contributed by atoms with E-state index in [-0.39, 0.29) is 0 Å². The Morgan fingerprint density at radius 3 is 1.53 bits per heavy atom. The normalized spacial score (nSPS) is 19.6. The Labute approximate surface area is 215 Å². The first-order chi connectivity index (χ1) is 16.6. The van der Waals surface area contributed by atoms with Crippen molar-refractivity contribution in [2.24, 2.45) is 11.8 Å². The van der Waals surface area contributed by atoms with Gasteiger partial charge in [0.1, 0.15) is 5.78 Å². The first kappa shape index (κ1) is 25.6. The molecule has 184 valence electrons. The van der Waals surface area contributed by atoms with Crippen molar-refractivity contribution >= 4 is 29.0 Å². The van der Waals surface area contributed by atoms with E-state index in [4.69, 9.17) is 23.2 Å². The number of carbonyl (C=O) groups is 1. The first-order valence-corrected chi connectivity index (χ1v) is 14.1. The van der Waals surface area contributed by atoms with Gasteiger partial charge in [0.25, 0.3) is 0 Å². The van der Waals surface area contributed by atoms with Crippen LogP contribution in [0.3, 0.4) is 0 Å². The number of nitrogens with zero attached hydrogens (tertiary/aromatic N) is 2. The fraction of sp³-hybridized carbons (Fsp3) is 0.621. The predicted molar refractivity (Wildman–Crippen MR) is 141 cm³/mol. The Morgan fingerprint density at radius 2 is 1.15 bits per heavy atom. The van der Waals surface area contributed by atoms with Crippen LogP contribution >= 0.6 is 23.2 Å². The largest absolute Gasteiger partial charge is 0.300 e. The average molecular weight is 502 g/mol. The summed E-state index contributed by atoms with van der Waals surface area (Å²) in [6.45, 7) is 0. The molecule has 0 radical (unpaired) electrons. The fourth-order valence-electron chi connectivity index (χ4n) is 6.49. The summed E-state index contributed by atoms with van der Waals surface area (Å²) >= 11 is 13.1. The molecule has 0 aromatic carbocycles. The maximum Gasteiger partial charge on any atom is 0.132 e. The second kappa shape index (κ2) is 13.0. The molecule has 0 bridgehead atoms. The predicted octanol–water partition coefficient (Wildman–Crippen LogP) is 8.94. The van der Waals surface area contributed by atoms with Gasteiger partial charge in [-0.3, -0.25) is 14.8 Å². The fourth-order valence-corrected chi connectivity index (χ4v) is 7.01. The van der Waals surface area contributed by atoms with Gasteiger partial charge in [-0.15, -0.1) is 0 Å². The van der Waals surface area contributed by atoms with Crippen molar-refractivity contribution in [3.63, 3.8) is 0 Å². The molecular weight excluding hydrogens is 463 g/mol. The molecule has 2 aliphatic carbocycles. The molecule has 34 heavy (non-hydrogen) atoms. The van der Waals surface area contributed by atoms with Crippen LogP contribution in [0.5, 0.6) is 0 Å². The topological polar surface area (TPSA) is 42.9 Å². The number of Topliss-reactive ketones (excluding diaryl/α,β-unsaturated/α-hetero) is 1. The van der Waals surface area contributed by atoms with E-state index in [1.807, 2.05) is 12.4 Å². The summed E-state index contributed by atoms with van der Waals surface area (Å²) in [5.41, 5.74) is 2.36. The lowest BCUT2D eigenvalue weighted by Crippen LogP contribution is -2.19. The summed E-state index contributed by atoms with van der Waals surface area (Å²) in [5.74, 6) is 2.31. The van der Waals surface area contributed by atoms with E-state index in [1.165, 1.54) is 75.3 Å². The molecule has 2 saturated carbocycles. The summed E-state index contributed by atoms with van der Waals surface area (Å²) in [5, 5.41) is 1.49. The molecule has 0 saturated heterocycles. The second-order valence-corrected chi connectivity index (χ2v) is 11.2. The van der Waals surface area contributed by atoms with Gasteiger partial charge in [0.05, 0.1) is 10.0 Å². The van der Waals surface area contributed by atoms with E-state index in [2.05, 4.69) is 22.1 Å². The van der Waals surface area contributed by atoms with Crippen LogP contribution in [-0.4, -0.2) is 15.8 Å². The minimum atomic E-state index is 0.350. The van der Waals surface area contributed by atoms with Crippen LogP contribution in [0.1, 0.15) is 113 Å². The lowest BCUT2D eigenvalue weighted by Gasteiger charge is -2.32. The third-order valence-electron chi connectivity index (χ3n) is 8.31. The smallest absolute Gasteiger partial charge is 0.132 e. The van der Waals surface area contributed by atoms with Crippen molar-refractivity contribution in [1.29, 1.82) is 0 Å². The first-order valence-electron chi connectivity index (χ1n) is 13.3. The molecular formula is C29H38Cl2N2O. The minimum Gasteiger partial charge on any atom is -0.300 e. The highest BCUT2D eigenvalue weighted by atomic mass is 35.5. The molecule has 2 fully saturated rings. The summed E-state index contributed by atoms with van der Waals surface area (Å²) in [7, 11) is 0. The van der Waals surface area contributed by atoms with Gasteiger partial charge in [0, 0.05) is 37.6 Å². The van der Waals surface area contributed by atoms with Gasteiger partial charge < -0.3 is 0 Å². The molecule has 0 aliphatic heterocycles. The molecule has 3 nitrogen and oxygen atoms in total. The molecule has 2 aliphatic rings. The third-order valence-corrected chi connectivity index (χ3v) is 8.94. The van der Waals surface area contributed by atoms with Crippen LogP contribution in [0.4, 0.5) is 0 Å². The van der Waals surface area contributed by atoms with E-state index < -0.39 is 0 Å². The molecule has 0 amide bonds. The maximum atomic E-state index is 13.2. The van der Waals surface area contributed by atoms with Gasteiger partial charge >= 0.3 is 0 Å². The van der Waals surface area contributed by atoms with Crippen molar-refractivity contribution < 1.29 is 4.79 Å². The van der Waals surface area contributed by atoms with Gasteiger partial charge in [-0.1, -0.05) is 61.7 Å². The van der Waals surface area contributed by atoms with Crippen LogP contribution in [0.25, 0.3) is 0 Å². The number of ketones is 1. The highest BCUT2D eigenvalue weighted by molar-refractivity contribution is 6.31. The minimum absolute atomic E-state index is 0.350. The highest BCUT2D eigenvalue weighted by Gasteiger charge is 2.29. The zero-order valence-electron chi connectivity index (χ0n) is 20.2. The average Bonchev–Trinajstić information content (AvgIpc) is 2.87. The number of hydrogen-bond acceptors (Lipinski definition) is 3. The standard InChI is InChI=1S/C29H38Cl2N2O/c30-28-19-32-17-15-26(28)24(21-7-3-1-4-8-21)13-11-23(34)12-14-25(22-9-5-2-6-10-22)27-16-18-33-20-29(27)31/h15-22,24-25H,1-14H2/t24-,25+. The van der Waals surface area contributed by atoms with Crippen molar-refractivity contribution in [1.82, 2.24) is 9.97 Å². The molecule has 0 unspecified atom stereocenters. The van der Waals surface area contributed by atoms with Gasteiger partial charge in [0.2, 0.25) is 0 Å². The highest BCUT2D eigenvalue weighted by Crippen LogP contribution is 2.43. The number of halogens is 2. The lowest BCUT2D eigenvalue weighted by atomic mass is 9.73. The Kier molecular flexibility index (Phi) is 9.82. The molecule has 2 atom stereocenters. The number of hydrogen-bond donors (Lipinski definition) is 0. The number of carbonyl (C=O) groups excluding carboxylic acids is 1. The van der Waals surface area contributed by atoms with Crippen molar-refractivity contribution in [2.45, 2.75) is 102 Å². The van der Waals surface area contributed by atoms with E-state index in [0.29, 0.717) is 42.3 Å². The summed E-state index contributed by atoms with van der Waals surface area (Å²) < 4.78 is 0. The van der Waals surface area contributed by atoms with Crippen molar-refractivity contribution in [3.05, 3.63) is 58.1 Å². The molecule has 5 heteroatoms. The third kappa shape index (κ3) is 6.82. The van der Waals surface area contributed by atoms with Crippen LogP contribution in [0.15, 0.2) is 36.9 Å². The van der Waals surface area contributed by atoms with Gasteiger partial charge in [-0.2, -0.15) is 0 Å². The van der Waals surface area contributed by atoms with Gasteiger partial charge in [-0.25, -0.2) is 0 Å². The van der Waals surface area contributed by atoms with Crippen LogP contribution in [-0.2, 0) is 4.79 Å². The Morgan fingerprint density at radius 1 is 0.735 bits per heavy atom. The Bertz CT molecular complexity index is 848. The molecule has 2 aromatic heterocycles. The quantitative estimate of drug-likeness (QED) is 0.326. The summed E-state index contributed by atoms with van der Waals surface area (Å²) in [4.78, 5) is 21.5. The van der Waals surface area contributed by atoms with E-state index in [0.717, 1.165) is 22.9 Å². The molecule has 0 spiro atoms. The van der Waals surface area contributed by atoms with Crippen molar-refractivity contribution in [3.8, 4) is 0 Å². The molecule has 2 aromatic rings. The maximum absolute atomic E-state index is 13.2. The van der Waals surface area contributed by atoms with E-state index in [1.54, 1.807) is 12.4 Å². The van der Waals surface area contributed by atoms with Gasteiger partial charge in [0.15, 0.2) is 0 Å². The second-order valence-electron chi connectivity index (χ2n) is 10.4. The number of aromatic nitrogens is 2. The van der Waals surface area contributed by atoms with E-state index >= 15 is 0 Å². The number of rotatable bonds is 10. The van der Waals surface area contributed by atoms with Crippen molar-refractivity contribution in [2.75, 3.05) is 0 Å². The SMILES string of the molecule is O=C(CC[C@H](c1ccncc1Cl)C1CCCCC1)CC[C@@H](c1ccncc1Cl)C1CCCCC1. The van der Waals surface area contributed by atoms with Crippen LogP contribution < -0.4 is 0 Å².